The molecular formula is C18H15ClFN3O. The number of halogens is 2. The quantitative estimate of drug-likeness (QED) is 0.768. The Bertz CT molecular complexity index is 891. The van der Waals surface area contributed by atoms with Gasteiger partial charge in [0, 0.05) is 22.3 Å². The van der Waals surface area contributed by atoms with Gasteiger partial charge in [0.25, 0.3) is 5.91 Å². The average Bonchev–Trinajstić information content (AvgIpc) is 2.87. The molecule has 0 saturated carbocycles. The molecule has 0 radical (unpaired) electrons. The van der Waals surface area contributed by atoms with Crippen LogP contribution in [0.25, 0.3) is 0 Å². The largest absolute Gasteiger partial charge is 0.305 e. The SMILES string of the molecule is Cc1cc(NC(=O)c2cccc(F)c2)nn1Cc1cccc(Cl)c1. The third kappa shape index (κ3) is 3.81. The summed E-state index contributed by atoms with van der Waals surface area (Å²) >= 11 is 5.99. The summed E-state index contributed by atoms with van der Waals surface area (Å²) in [7, 11) is 0. The molecule has 0 saturated heterocycles. The molecule has 0 aliphatic heterocycles. The highest BCUT2D eigenvalue weighted by atomic mass is 35.5. The first kappa shape index (κ1) is 16.2. The zero-order valence-corrected chi connectivity index (χ0v) is 13.7. The van der Waals surface area contributed by atoms with E-state index in [1.165, 1.54) is 18.2 Å². The lowest BCUT2D eigenvalue weighted by Gasteiger charge is -2.05. The lowest BCUT2D eigenvalue weighted by molar-refractivity contribution is 0.102. The molecule has 1 N–H and O–H groups in total. The van der Waals surface area contributed by atoms with Crippen molar-refractivity contribution in [3.05, 3.63) is 82.3 Å². The molecule has 0 aliphatic carbocycles. The second-order valence-corrected chi connectivity index (χ2v) is 5.86. The minimum atomic E-state index is -0.453. The first-order valence-electron chi connectivity index (χ1n) is 7.37. The number of rotatable bonds is 4. The zero-order chi connectivity index (χ0) is 17.1. The van der Waals surface area contributed by atoms with Crippen LogP contribution in [0.2, 0.25) is 5.02 Å². The number of aromatic nitrogens is 2. The monoisotopic (exact) mass is 343 g/mol. The Morgan fingerprint density at radius 1 is 1.21 bits per heavy atom. The number of carbonyl (C=O) groups is 1. The van der Waals surface area contributed by atoms with Crippen molar-refractivity contribution < 1.29 is 9.18 Å². The van der Waals surface area contributed by atoms with Gasteiger partial charge in [0.1, 0.15) is 5.82 Å². The van der Waals surface area contributed by atoms with Gasteiger partial charge in [0.2, 0.25) is 0 Å². The number of anilines is 1. The predicted octanol–water partition coefficient (Wildman–Crippen LogP) is 4.28. The average molecular weight is 344 g/mol. The number of hydrogen-bond acceptors (Lipinski definition) is 2. The summed E-state index contributed by atoms with van der Waals surface area (Å²) in [5.41, 5.74) is 2.15. The summed E-state index contributed by atoms with van der Waals surface area (Å²) in [6.45, 7) is 2.44. The third-order valence-corrected chi connectivity index (χ3v) is 3.77. The van der Waals surface area contributed by atoms with Crippen molar-refractivity contribution in [2.24, 2.45) is 0 Å². The molecule has 0 spiro atoms. The lowest BCUT2D eigenvalue weighted by atomic mass is 10.2. The first-order chi connectivity index (χ1) is 11.5. The van der Waals surface area contributed by atoms with E-state index in [2.05, 4.69) is 10.4 Å². The van der Waals surface area contributed by atoms with Crippen LogP contribution in [0.1, 0.15) is 21.6 Å². The van der Waals surface area contributed by atoms with Crippen LogP contribution in [0.4, 0.5) is 10.2 Å². The maximum absolute atomic E-state index is 13.2. The Hall–Kier alpha value is -2.66. The van der Waals surface area contributed by atoms with Crippen LogP contribution in [0, 0.1) is 12.7 Å². The van der Waals surface area contributed by atoms with Gasteiger partial charge in [-0.25, -0.2) is 4.39 Å². The molecular weight excluding hydrogens is 329 g/mol. The van der Waals surface area contributed by atoms with Crippen LogP contribution in [0.5, 0.6) is 0 Å². The highest BCUT2D eigenvalue weighted by Crippen LogP contribution is 2.15. The molecule has 6 heteroatoms. The highest BCUT2D eigenvalue weighted by molar-refractivity contribution is 6.30. The molecule has 4 nitrogen and oxygen atoms in total. The van der Waals surface area contributed by atoms with E-state index in [4.69, 9.17) is 11.6 Å². The number of benzene rings is 2. The van der Waals surface area contributed by atoms with E-state index in [0.29, 0.717) is 17.4 Å². The molecule has 122 valence electrons. The van der Waals surface area contributed by atoms with Gasteiger partial charge in [0.15, 0.2) is 5.82 Å². The number of aryl methyl sites for hydroxylation is 1. The van der Waals surface area contributed by atoms with Gasteiger partial charge in [-0.15, -0.1) is 0 Å². The molecule has 2 aromatic carbocycles. The van der Waals surface area contributed by atoms with Gasteiger partial charge in [-0.05, 0) is 42.8 Å². The number of nitrogens with one attached hydrogen (secondary N) is 1. The van der Waals surface area contributed by atoms with Crippen molar-refractivity contribution in [3.8, 4) is 0 Å². The van der Waals surface area contributed by atoms with E-state index in [0.717, 1.165) is 11.3 Å². The van der Waals surface area contributed by atoms with Gasteiger partial charge < -0.3 is 5.32 Å². The van der Waals surface area contributed by atoms with Crippen molar-refractivity contribution >= 4 is 23.3 Å². The molecule has 0 unspecified atom stereocenters. The van der Waals surface area contributed by atoms with Gasteiger partial charge in [-0.3, -0.25) is 9.48 Å². The van der Waals surface area contributed by atoms with Crippen molar-refractivity contribution in [3.63, 3.8) is 0 Å². The van der Waals surface area contributed by atoms with Gasteiger partial charge in [0.05, 0.1) is 6.54 Å². The molecule has 1 amide bonds. The van der Waals surface area contributed by atoms with Crippen molar-refractivity contribution in [2.45, 2.75) is 13.5 Å². The Kier molecular flexibility index (Phi) is 4.62. The lowest BCUT2D eigenvalue weighted by Crippen LogP contribution is -2.13. The van der Waals surface area contributed by atoms with Gasteiger partial charge in [-0.1, -0.05) is 29.8 Å². The maximum Gasteiger partial charge on any atom is 0.256 e. The number of nitrogens with zero attached hydrogens (tertiary/aromatic N) is 2. The Balaban J connectivity index is 1.75. The van der Waals surface area contributed by atoms with E-state index < -0.39 is 11.7 Å². The summed E-state index contributed by atoms with van der Waals surface area (Å²) < 4.78 is 15.0. The summed E-state index contributed by atoms with van der Waals surface area (Å²) in [6, 6.07) is 14.8. The topological polar surface area (TPSA) is 46.9 Å². The summed E-state index contributed by atoms with van der Waals surface area (Å²) in [6.07, 6.45) is 0. The molecule has 0 fully saturated rings. The molecule has 3 rings (SSSR count). The summed E-state index contributed by atoms with van der Waals surface area (Å²) in [4.78, 5) is 12.1. The van der Waals surface area contributed by atoms with E-state index in [9.17, 15) is 9.18 Å². The van der Waals surface area contributed by atoms with Crippen LogP contribution in [0.3, 0.4) is 0 Å². The van der Waals surface area contributed by atoms with Crippen LogP contribution in [-0.2, 0) is 6.54 Å². The fourth-order valence-electron chi connectivity index (χ4n) is 2.36. The fourth-order valence-corrected chi connectivity index (χ4v) is 2.57. The van der Waals surface area contributed by atoms with Gasteiger partial charge in [-0.2, -0.15) is 5.10 Å². The predicted molar refractivity (Wildman–Crippen MR) is 91.9 cm³/mol. The third-order valence-electron chi connectivity index (χ3n) is 3.53. The number of hydrogen-bond donors (Lipinski definition) is 1. The highest BCUT2D eigenvalue weighted by Gasteiger charge is 2.11. The fraction of sp³-hybridized carbons (Fsp3) is 0.111. The van der Waals surface area contributed by atoms with Crippen LogP contribution < -0.4 is 5.32 Å². The first-order valence-corrected chi connectivity index (χ1v) is 7.75. The Morgan fingerprint density at radius 3 is 2.75 bits per heavy atom. The zero-order valence-electron chi connectivity index (χ0n) is 13.0. The molecule has 24 heavy (non-hydrogen) atoms. The second-order valence-electron chi connectivity index (χ2n) is 5.42. The normalized spacial score (nSPS) is 10.6. The van der Waals surface area contributed by atoms with Gasteiger partial charge >= 0.3 is 0 Å². The van der Waals surface area contributed by atoms with Crippen molar-refractivity contribution in [1.82, 2.24) is 9.78 Å². The minimum Gasteiger partial charge on any atom is -0.305 e. The smallest absolute Gasteiger partial charge is 0.256 e. The Labute approximate surface area is 143 Å². The molecule has 0 bridgehead atoms. The van der Waals surface area contributed by atoms with Crippen LogP contribution in [0.15, 0.2) is 54.6 Å². The number of carbonyl (C=O) groups excluding carboxylic acids is 1. The number of amides is 1. The summed E-state index contributed by atoms with van der Waals surface area (Å²) in [5, 5.41) is 7.71. The van der Waals surface area contributed by atoms with Crippen LogP contribution >= 0.6 is 11.6 Å². The van der Waals surface area contributed by atoms with E-state index in [-0.39, 0.29) is 5.56 Å². The molecule has 1 aromatic heterocycles. The van der Waals surface area contributed by atoms with E-state index in [1.54, 1.807) is 16.8 Å². The van der Waals surface area contributed by atoms with E-state index in [1.807, 2.05) is 31.2 Å². The Morgan fingerprint density at radius 2 is 2.00 bits per heavy atom. The molecule has 3 aromatic rings. The van der Waals surface area contributed by atoms with Crippen LogP contribution in [-0.4, -0.2) is 15.7 Å². The standard InChI is InChI=1S/C18H15ClFN3O/c1-12-8-17(21-18(24)14-5-3-7-16(20)10-14)22-23(12)11-13-4-2-6-15(19)9-13/h2-10H,11H2,1H3,(H,21,22,24). The maximum atomic E-state index is 13.2. The molecule has 0 atom stereocenters. The van der Waals surface area contributed by atoms with E-state index >= 15 is 0 Å². The second kappa shape index (κ2) is 6.84. The molecule has 0 aliphatic rings. The minimum absolute atomic E-state index is 0.247. The van der Waals surface area contributed by atoms with Crippen molar-refractivity contribution in [2.75, 3.05) is 5.32 Å². The van der Waals surface area contributed by atoms with Crippen molar-refractivity contribution in [1.29, 1.82) is 0 Å². The summed E-state index contributed by atoms with van der Waals surface area (Å²) in [5.74, 6) is -0.434. The molecule has 1 heterocycles.